The van der Waals surface area contributed by atoms with Gasteiger partial charge in [0.05, 0.1) is 11.4 Å². The molecule has 0 bridgehead atoms. The summed E-state index contributed by atoms with van der Waals surface area (Å²) in [6.07, 6.45) is 0. The number of rotatable bonds is 6. The number of amides is 1. The fourth-order valence-corrected chi connectivity index (χ4v) is 2.50. The van der Waals surface area contributed by atoms with Crippen LogP contribution in [0.1, 0.15) is 36.8 Å². The number of halogens is 2. The minimum atomic E-state index is -0.742. The minimum absolute atomic E-state index is 0.0345. The Kier molecular flexibility index (Phi) is 6.37. The van der Waals surface area contributed by atoms with E-state index in [-0.39, 0.29) is 28.6 Å². The van der Waals surface area contributed by atoms with Crippen molar-refractivity contribution in [2.24, 2.45) is 5.92 Å². The molecule has 8 heteroatoms. The molecule has 140 valence electrons. The Morgan fingerprint density at radius 1 is 1.27 bits per heavy atom. The van der Waals surface area contributed by atoms with Gasteiger partial charge in [-0.2, -0.15) is 5.10 Å². The van der Waals surface area contributed by atoms with Gasteiger partial charge in [0.25, 0.3) is 5.91 Å². The number of carbonyl (C=O) groups excluding carboxylic acids is 2. The molecular weight excluding hydrogens is 361 g/mol. The zero-order valence-electron chi connectivity index (χ0n) is 15.0. The van der Waals surface area contributed by atoms with Crippen molar-refractivity contribution in [2.75, 3.05) is 6.61 Å². The van der Waals surface area contributed by atoms with Crippen LogP contribution in [-0.2, 0) is 9.53 Å². The standard InChI is InChI=1S/C18H21ClFN3O3/c1-10(2)11(3)21-15(24)9-26-18(25)16-12(4)22-23(17(16)19)14-7-5-13(20)6-8-14/h5-8,10-11H,9H2,1-4H3,(H,21,24). The lowest BCUT2D eigenvalue weighted by Gasteiger charge is -2.17. The van der Waals surface area contributed by atoms with Crippen LogP contribution in [0.2, 0.25) is 5.15 Å². The third kappa shape index (κ3) is 4.60. The van der Waals surface area contributed by atoms with Crippen molar-refractivity contribution in [1.82, 2.24) is 15.1 Å². The lowest BCUT2D eigenvalue weighted by Crippen LogP contribution is -2.38. The van der Waals surface area contributed by atoms with Crippen molar-refractivity contribution >= 4 is 23.5 Å². The first-order valence-corrected chi connectivity index (χ1v) is 8.56. The number of nitrogens with one attached hydrogen (secondary N) is 1. The van der Waals surface area contributed by atoms with Gasteiger partial charge < -0.3 is 10.1 Å². The number of esters is 1. The van der Waals surface area contributed by atoms with Gasteiger partial charge in [-0.3, -0.25) is 4.79 Å². The number of hydrogen-bond acceptors (Lipinski definition) is 4. The molecule has 0 spiro atoms. The van der Waals surface area contributed by atoms with E-state index in [9.17, 15) is 14.0 Å². The van der Waals surface area contributed by atoms with Crippen molar-refractivity contribution in [2.45, 2.75) is 33.7 Å². The zero-order valence-corrected chi connectivity index (χ0v) is 15.8. The highest BCUT2D eigenvalue weighted by Gasteiger charge is 2.23. The third-order valence-corrected chi connectivity index (χ3v) is 4.35. The molecule has 0 aliphatic rings. The van der Waals surface area contributed by atoms with Crippen LogP contribution in [0.15, 0.2) is 24.3 Å². The summed E-state index contributed by atoms with van der Waals surface area (Å²) >= 11 is 6.25. The van der Waals surface area contributed by atoms with E-state index in [4.69, 9.17) is 16.3 Å². The van der Waals surface area contributed by atoms with Gasteiger partial charge in [0, 0.05) is 6.04 Å². The highest BCUT2D eigenvalue weighted by atomic mass is 35.5. The molecule has 0 aliphatic heterocycles. The summed E-state index contributed by atoms with van der Waals surface area (Å²) in [6, 6.07) is 5.47. The fourth-order valence-electron chi connectivity index (χ4n) is 2.15. The summed E-state index contributed by atoms with van der Waals surface area (Å²) < 4.78 is 19.4. The maximum absolute atomic E-state index is 13.1. The van der Waals surface area contributed by atoms with Crippen LogP contribution < -0.4 is 5.32 Å². The zero-order chi connectivity index (χ0) is 19.4. The normalized spacial score (nSPS) is 12.1. The fraction of sp³-hybridized carbons (Fsp3) is 0.389. The molecule has 1 N–H and O–H groups in total. The number of aromatic nitrogens is 2. The van der Waals surface area contributed by atoms with E-state index in [1.165, 1.54) is 28.9 Å². The van der Waals surface area contributed by atoms with Crippen molar-refractivity contribution in [1.29, 1.82) is 0 Å². The molecule has 1 unspecified atom stereocenters. The van der Waals surface area contributed by atoms with E-state index in [2.05, 4.69) is 10.4 Å². The van der Waals surface area contributed by atoms with E-state index in [1.807, 2.05) is 20.8 Å². The van der Waals surface area contributed by atoms with E-state index < -0.39 is 18.4 Å². The van der Waals surface area contributed by atoms with Gasteiger partial charge in [0.1, 0.15) is 16.5 Å². The molecule has 0 saturated heterocycles. The molecule has 1 heterocycles. The number of hydrogen-bond donors (Lipinski definition) is 1. The number of nitrogens with zero attached hydrogens (tertiary/aromatic N) is 2. The predicted molar refractivity (Wildman–Crippen MR) is 96.0 cm³/mol. The molecule has 1 aromatic carbocycles. The number of benzene rings is 1. The van der Waals surface area contributed by atoms with Crippen molar-refractivity contribution in [3.8, 4) is 5.69 Å². The summed E-state index contributed by atoms with van der Waals surface area (Å²) in [7, 11) is 0. The van der Waals surface area contributed by atoms with Gasteiger partial charge in [-0.05, 0) is 44.0 Å². The Hall–Kier alpha value is -2.41. The molecule has 0 aliphatic carbocycles. The van der Waals surface area contributed by atoms with Gasteiger partial charge in [0.2, 0.25) is 0 Å². The largest absolute Gasteiger partial charge is 0.452 e. The van der Waals surface area contributed by atoms with E-state index in [1.54, 1.807) is 6.92 Å². The Morgan fingerprint density at radius 2 is 1.88 bits per heavy atom. The maximum Gasteiger partial charge on any atom is 0.343 e. The number of ether oxygens (including phenoxy) is 1. The molecule has 1 atom stereocenters. The van der Waals surface area contributed by atoms with Crippen LogP contribution in [0.25, 0.3) is 5.69 Å². The average molecular weight is 382 g/mol. The smallest absolute Gasteiger partial charge is 0.343 e. The summed E-state index contributed by atoms with van der Waals surface area (Å²) in [6.45, 7) is 7.02. The Bertz CT molecular complexity index is 803. The monoisotopic (exact) mass is 381 g/mol. The van der Waals surface area contributed by atoms with Crippen LogP contribution >= 0.6 is 11.6 Å². The quantitative estimate of drug-likeness (QED) is 0.779. The third-order valence-electron chi connectivity index (χ3n) is 4.00. The second-order valence-corrected chi connectivity index (χ2v) is 6.67. The molecule has 6 nitrogen and oxygen atoms in total. The number of carbonyl (C=O) groups is 2. The first-order chi connectivity index (χ1) is 12.2. The van der Waals surface area contributed by atoms with Crippen LogP contribution in [0.5, 0.6) is 0 Å². The van der Waals surface area contributed by atoms with E-state index in [0.717, 1.165) is 0 Å². The lowest BCUT2D eigenvalue weighted by molar-refractivity contribution is -0.125. The van der Waals surface area contributed by atoms with Crippen LogP contribution in [0, 0.1) is 18.7 Å². The van der Waals surface area contributed by atoms with Crippen molar-refractivity contribution < 1.29 is 18.7 Å². The molecule has 0 radical (unpaired) electrons. The molecule has 2 rings (SSSR count). The number of aryl methyl sites for hydroxylation is 1. The van der Waals surface area contributed by atoms with E-state index >= 15 is 0 Å². The molecule has 0 saturated carbocycles. The maximum atomic E-state index is 13.1. The SMILES string of the molecule is Cc1nn(-c2ccc(F)cc2)c(Cl)c1C(=O)OCC(=O)NC(C)C(C)C. The lowest BCUT2D eigenvalue weighted by atomic mass is 10.1. The molecule has 2 aromatic rings. The molecule has 26 heavy (non-hydrogen) atoms. The highest BCUT2D eigenvalue weighted by Crippen LogP contribution is 2.24. The highest BCUT2D eigenvalue weighted by molar-refractivity contribution is 6.33. The Labute approximate surface area is 156 Å². The molecule has 1 aromatic heterocycles. The summed E-state index contributed by atoms with van der Waals surface area (Å²) in [5.41, 5.74) is 0.919. The molecule has 0 fully saturated rings. The summed E-state index contributed by atoms with van der Waals surface area (Å²) in [5, 5.41) is 6.97. The second-order valence-electron chi connectivity index (χ2n) is 6.32. The molecular formula is C18H21ClFN3O3. The van der Waals surface area contributed by atoms with Crippen LogP contribution in [0.4, 0.5) is 4.39 Å². The predicted octanol–water partition coefficient (Wildman–Crippen LogP) is 3.29. The summed E-state index contributed by atoms with van der Waals surface area (Å²) in [4.78, 5) is 24.2. The Morgan fingerprint density at radius 3 is 2.46 bits per heavy atom. The summed E-state index contributed by atoms with van der Waals surface area (Å²) in [5.74, 6) is -1.26. The first-order valence-electron chi connectivity index (χ1n) is 8.18. The van der Waals surface area contributed by atoms with Crippen molar-refractivity contribution in [3.05, 3.63) is 46.5 Å². The van der Waals surface area contributed by atoms with Crippen LogP contribution in [-0.4, -0.2) is 34.3 Å². The van der Waals surface area contributed by atoms with Gasteiger partial charge in [-0.25, -0.2) is 13.9 Å². The van der Waals surface area contributed by atoms with Gasteiger partial charge in [-0.15, -0.1) is 0 Å². The first kappa shape index (κ1) is 19.9. The Balaban J connectivity index is 2.10. The topological polar surface area (TPSA) is 73.2 Å². The average Bonchev–Trinajstić information content (AvgIpc) is 2.88. The second kappa shape index (κ2) is 8.31. The van der Waals surface area contributed by atoms with E-state index in [0.29, 0.717) is 11.4 Å². The molecule has 1 amide bonds. The minimum Gasteiger partial charge on any atom is -0.452 e. The van der Waals surface area contributed by atoms with Gasteiger partial charge >= 0.3 is 5.97 Å². The van der Waals surface area contributed by atoms with Crippen molar-refractivity contribution in [3.63, 3.8) is 0 Å². The van der Waals surface area contributed by atoms with Gasteiger partial charge in [-0.1, -0.05) is 25.4 Å². The van der Waals surface area contributed by atoms with Crippen LogP contribution in [0.3, 0.4) is 0 Å². The van der Waals surface area contributed by atoms with Gasteiger partial charge in [0.15, 0.2) is 6.61 Å².